The lowest BCUT2D eigenvalue weighted by Crippen LogP contribution is -2.14. The van der Waals surface area contributed by atoms with Crippen LogP contribution >= 0.6 is 15.9 Å². The van der Waals surface area contributed by atoms with Crippen LogP contribution in [0.1, 0.15) is 10.4 Å². The van der Waals surface area contributed by atoms with Crippen LogP contribution in [0.2, 0.25) is 0 Å². The number of anilines is 1. The van der Waals surface area contributed by atoms with Crippen LogP contribution in [0.4, 0.5) is 10.1 Å². The van der Waals surface area contributed by atoms with E-state index in [4.69, 9.17) is 4.74 Å². The van der Waals surface area contributed by atoms with Crippen LogP contribution < -0.4 is 10.1 Å². The highest BCUT2D eigenvalue weighted by atomic mass is 79.9. The number of amides is 1. The topological polar surface area (TPSA) is 64.6 Å². The van der Waals surface area contributed by atoms with E-state index in [0.29, 0.717) is 21.5 Å². The summed E-state index contributed by atoms with van der Waals surface area (Å²) in [7, 11) is 1.27. The molecular weight excluding hydrogens is 369 g/mol. The van der Waals surface area contributed by atoms with Gasteiger partial charge in [0.05, 0.1) is 12.7 Å². The van der Waals surface area contributed by atoms with Crippen LogP contribution in [-0.2, 0) is 9.53 Å². The Morgan fingerprint density at radius 2 is 2.00 bits per heavy atom. The van der Waals surface area contributed by atoms with Crippen molar-refractivity contribution in [2.24, 2.45) is 0 Å². The maximum Gasteiger partial charge on any atom is 0.343 e. The third kappa shape index (κ3) is 4.79. The number of nitrogens with one attached hydrogen (secondary N) is 1. The molecule has 0 bridgehead atoms. The predicted molar refractivity (Wildman–Crippen MR) is 86.0 cm³/mol. The zero-order chi connectivity index (χ0) is 16.8. The first-order chi connectivity index (χ1) is 11.0. The molecule has 120 valence electrons. The van der Waals surface area contributed by atoms with Gasteiger partial charge in [0.25, 0.3) is 5.91 Å². The van der Waals surface area contributed by atoms with Crippen LogP contribution in [0.5, 0.6) is 5.75 Å². The van der Waals surface area contributed by atoms with E-state index in [9.17, 15) is 14.0 Å². The largest absolute Gasteiger partial charge is 0.482 e. The Morgan fingerprint density at radius 3 is 2.70 bits per heavy atom. The van der Waals surface area contributed by atoms with Gasteiger partial charge in [0.1, 0.15) is 11.6 Å². The van der Waals surface area contributed by atoms with Gasteiger partial charge in [0.2, 0.25) is 0 Å². The van der Waals surface area contributed by atoms with Crippen molar-refractivity contribution in [2.45, 2.75) is 0 Å². The molecule has 0 heterocycles. The molecule has 5 nitrogen and oxygen atoms in total. The molecule has 23 heavy (non-hydrogen) atoms. The van der Waals surface area contributed by atoms with Gasteiger partial charge in [-0.15, -0.1) is 0 Å². The van der Waals surface area contributed by atoms with Gasteiger partial charge in [-0.2, -0.15) is 0 Å². The van der Waals surface area contributed by atoms with Crippen LogP contribution in [0.3, 0.4) is 0 Å². The summed E-state index contributed by atoms with van der Waals surface area (Å²) in [5.41, 5.74) is 0.779. The van der Waals surface area contributed by atoms with E-state index >= 15 is 0 Å². The zero-order valence-corrected chi connectivity index (χ0v) is 13.7. The Bertz CT molecular complexity index is 736. The molecule has 0 radical (unpaired) electrons. The standard InChI is InChI=1S/C16H13BrFNO4/c1-22-15(20)9-23-12-4-2-3-11(8-12)19-16(21)13-6-5-10(18)7-14(13)17/h2-8H,9H2,1H3,(H,19,21). The smallest absolute Gasteiger partial charge is 0.343 e. The van der Waals surface area contributed by atoms with Crippen molar-refractivity contribution in [1.29, 1.82) is 0 Å². The molecule has 0 spiro atoms. The number of hydrogen-bond acceptors (Lipinski definition) is 4. The van der Waals surface area contributed by atoms with Crippen molar-refractivity contribution < 1.29 is 23.5 Å². The number of carbonyl (C=O) groups is 2. The lowest BCUT2D eigenvalue weighted by molar-refractivity contribution is -0.142. The van der Waals surface area contributed by atoms with Gasteiger partial charge in [-0.25, -0.2) is 9.18 Å². The average Bonchev–Trinajstić information content (AvgIpc) is 2.52. The summed E-state index contributed by atoms with van der Waals surface area (Å²) in [6.07, 6.45) is 0. The van der Waals surface area contributed by atoms with Gasteiger partial charge in [-0.05, 0) is 46.3 Å². The summed E-state index contributed by atoms with van der Waals surface area (Å²) < 4.78 is 23.1. The van der Waals surface area contributed by atoms with Gasteiger partial charge >= 0.3 is 5.97 Å². The third-order valence-electron chi connectivity index (χ3n) is 2.85. The lowest BCUT2D eigenvalue weighted by Gasteiger charge is -2.09. The molecule has 0 aliphatic heterocycles. The highest BCUT2D eigenvalue weighted by Crippen LogP contribution is 2.21. The van der Waals surface area contributed by atoms with Gasteiger partial charge in [0, 0.05) is 16.2 Å². The second-order valence-corrected chi connectivity index (χ2v) is 5.33. The average molecular weight is 382 g/mol. The molecule has 0 aliphatic carbocycles. The molecular formula is C16H13BrFNO4. The van der Waals surface area contributed by atoms with Gasteiger partial charge < -0.3 is 14.8 Å². The predicted octanol–water partition coefficient (Wildman–Crippen LogP) is 3.39. The van der Waals surface area contributed by atoms with Crippen molar-refractivity contribution >= 4 is 33.5 Å². The summed E-state index contributed by atoms with van der Waals surface area (Å²) in [6, 6.07) is 10.3. The number of ether oxygens (including phenoxy) is 2. The first-order valence-corrected chi connectivity index (χ1v) is 7.35. The first-order valence-electron chi connectivity index (χ1n) is 6.55. The van der Waals surface area contributed by atoms with E-state index in [1.807, 2.05) is 0 Å². The Balaban J connectivity index is 2.07. The van der Waals surface area contributed by atoms with Gasteiger partial charge in [-0.3, -0.25) is 4.79 Å². The fraction of sp³-hybridized carbons (Fsp3) is 0.125. The number of rotatable bonds is 5. The quantitative estimate of drug-likeness (QED) is 0.806. The number of halogens is 2. The highest BCUT2D eigenvalue weighted by Gasteiger charge is 2.11. The summed E-state index contributed by atoms with van der Waals surface area (Å²) in [5.74, 6) is -0.935. The third-order valence-corrected chi connectivity index (χ3v) is 3.51. The molecule has 0 aliphatic rings. The van der Waals surface area contributed by atoms with Crippen molar-refractivity contribution in [3.8, 4) is 5.75 Å². The SMILES string of the molecule is COC(=O)COc1cccc(NC(=O)c2ccc(F)cc2Br)c1. The summed E-state index contributed by atoms with van der Waals surface area (Å²) in [5, 5.41) is 2.67. The lowest BCUT2D eigenvalue weighted by atomic mass is 10.2. The van der Waals surface area contributed by atoms with Crippen molar-refractivity contribution in [2.75, 3.05) is 19.0 Å². The maximum absolute atomic E-state index is 13.1. The molecule has 0 saturated heterocycles. The summed E-state index contributed by atoms with van der Waals surface area (Å²) >= 11 is 3.15. The minimum absolute atomic E-state index is 0.225. The Morgan fingerprint density at radius 1 is 1.22 bits per heavy atom. The number of esters is 1. The first kappa shape index (κ1) is 17.0. The monoisotopic (exact) mass is 381 g/mol. The fourth-order valence-electron chi connectivity index (χ4n) is 1.74. The molecule has 7 heteroatoms. The normalized spacial score (nSPS) is 10.0. The van der Waals surface area contributed by atoms with E-state index in [1.54, 1.807) is 24.3 Å². The summed E-state index contributed by atoms with van der Waals surface area (Å²) in [6.45, 7) is -0.225. The molecule has 0 fully saturated rings. The van der Waals surface area contributed by atoms with E-state index in [2.05, 4.69) is 26.0 Å². The van der Waals surface area contributed by atoms with Crippen LogP contribution in [-0.4, -0.2) is 25.6 Å². The second-order valence-electron chi connectivity index (χ2n) is 4.47. The zero-order valence-electron chi connectivity index (χ0n) is 12.1. The van der Waals surface area contributed by atoms with E-state index < -0.39 is 17.7 Å². The highest BCUT2D eigenvalue weighted by molar-refractivity contribution is 9.10. The van der Waals surface area contributed by atoms with Gasteiger partial charge in [-0.1, -0.05) is 6.07 Å². The Hall–Kier alpha value is -2.41. The van der Waals surface area contributed by atoms with Gasteiger partial charge in [0.15, 0.2) is 6.61 Å². The Kier molecular flexibility index (Phi) is 5.70. The number of carbonyl (C=O) groups excluding carboxylic acids is 2. The van der Waals surface area contributed by atoms with E-state index in [1.165, 1.54) is 25.3 Å². The molecule has 1 amide bonds. The van der Waals surface area contributed by atoms with Crippen LogP contribution in [0.15, 0.2) is 46.9 Å². The minimum Gasteiger partial charge on any atom is -0.482 e. The fourth-order valence-corrected chi connectivity index (χ4v) is 2.27. The molecule has 0 unspecified atom stereocenters. The molecule has 0 atom stereocenters. The minimum atomic E-state index is -0.505. The van der Waals surface area contributed by atoms with Crippen molar-refractivity contribution in [3.63, 3.8) is 0 Å². The molecule has 0 saturated carbocycles. The Labute approximate surface area is 140 Å². The number of benzene rings is 2. The molecule has 0 aromatic heterocycles. The second kappa shape index (κ2) is 7.73. The van der Waals surface area contributed by atoms with E-state index in [-0.39, 0.29) is 6.61 Å². The van der Waals surface area contributed by atoms with Crippen molar-refractivity contribution in [3.05, 3.63) is 58.3 Å². The van der Waals surface area contributed by atoms with Crippen LogP contribution in [0, 0.1) is 5.82 Å². The van der Waals surface area contributed by atoms with Crippen LogP contribution in [0.25, 0.3) is 0 Å². The molecule has 1 N–H and O–H groups in total. The summed E-state index contributed by atoms with van der Waals surface area (Å²) in [4.78, 5) is 23.2. The molecule has 2 aromatic carbocycles. The molecule has 2 rings (SSSR count). The number of methoxy groups -OCH3 is 1. The maximum atomic E-state index is 13.1. The van der Waals surface area contributed by atoms with E-state index in [0.717, 1.165) is 0 Å². The van der Waals surface area contributed by atoms with Crippen molar-refractivity contribution in [1.82, 2.24) is 0 Å². The molecule has 2 aromatic rings. The number of hydrogen-bond donors (Lipinski definition) is 1.